The molecule has 0 saturated heterocycles. The minimum absolute atomic E-state index is 0.132. The standard InChI is InChI=1S/C18H28N2O/c1-13(2)11-14-3-5-15(6-4-14)12-18(21)20-17-9-7-16(19)8-10-17/h3-6,13,16-17H,7-12,19H2,1-2H3,(H,20,21). The summed E-state index contributed by atoms with van der Waals surface area (Å²) in [7, 11) is 0. The summed E-state index contributed by atoms with van der Waals surface area (Å²) in [5.41, 5.74) is 8.32. The second kappa shape index (κ2) is 7.60. The van der Waals surface area contributed by atoms with Crippen LogP contribution >= 0.6 is 0 Å². The van der Waals surface area contributed by atoms with Gasteiger partial charge in [-0.3, -0.25) is 4.79 Å². The molecule has 0 unspecified atom stereocenters. The lowest BCUT2D eigenvalue weighted by Crippen LogP contribution is -2.41. The van der Waals surface area contributed by atoms with E-state index in [0.717, 1.165) is 37.7 Å². The highest BCUT2D eigenvalue weighted by Crippen LogP contribution is 2.17. The highest BCUT2D eigenvalue weighted by molar-refractivity contribution is 5.78. The zero-order chi connectivity index (χ0) is 15.2. The SMILES string of the molecule is CC(C)Cc1ccc(CC(=O)NC2CCC(N)CC2)cc1. The van der Waals surface area contributed by atoms with Crippen molar-refractivity contribution < 1.29 is 4.79 Å². The molecule has 0 spiro atoms. The topological polar surface area (TPSA) is 55.1 Å². The zero-order valence-electron chi connectivity index (χ0n) is 13.3. The normalized spacial score (nSPS) is 22.3. The van der Waals surface area contributed by atoms with E-state index in [-0.39, 0.29) is 5.91 Å². The average molecular weight is 288 g/mol. The van der Waals surface area contributed by atoms with Crippen molar-refractivity contribution in [2.75, 3.05) is 0 Å². The molecular weight excluding hydrogens is 260 g/mol. The fourth-order valence-electron chi connectivity index (χ4n) is 2.99. The van der Waals surface area contributed by atoms with Gasteiger partial charge in [-0.05, 0) is 49.1 Å². The van der Waals surface area contributed by atoms with Crippen LogP contribution in [-0.4, -0.2) is 18.0 Å². The van der Waals surface area contributed by atoms with E-state index in [1.807, 2.05) is 0 Å². The number of carbonyl (C=O) groups excluding carboxylic acids is 1. The van der Waals surface area contributed by atoms with E-state index < -0.39 is 0 Å². The first-order chi connectivity index (χ1) is 10.0. The van der Waals surface area contributed by atoms with Crippen molar-refractivity contribution in [1.29, 1.82) is 0 Å². The van der Waals surface area contributed by atoms with Crippen LogP contribution in [0.3, 0.4) is 0 Å². The molecule has 0 aliphatic heterocycles. The Morgan fingerprint density at radius 1 is 1.14 bits per heavy atom. The molecule has 21 heavy (non-hydrogen) atoms. The van der Waals surface area contributed by atoms with E-state index in [9.17, 15) is 4.79 Å². The summed E-state index contributed by atoms with van der Waals surface area (Å²) in [6.45, 7) is 4.44. The Hall–Kier alpha value is -1.35. The van der Waals surface area contributed by atoms with Crippen LogP contribution in [-0.2, 0) is 17.6 Å². The Morgan fingerprint density at radius 2 is 1.71 bits per heavy atom. The van der Waals surface area contributed by atoms with Crippen molar-refractivity contribution >= 4 is 5.91 Å². The second-order valence-electron chi connectivity index (χ2n) is 6.77. The van der Waals surface area contributed by atoms with Gasteiger partial charge in [0, 0.05) is 12.1 Å². The Balaban J connectivity index is 1.79. The number of benzene rings is 1. The lowest BCUT2D eigenvalue weighted by Gasteiger charge is -2.26. The number of rotatable bonds is 5. The molecule has 3 N–H and O–H groups in total. The molecule has 1 aliphatic carbocycles. The first kappa shape index (κ1) is 16.0. The van der Waals surface area contributed by atoms with Crippen LogP contribution in [0.4, 0.5) is 0 Å². The Bertz CT molecular complexity index is 445. The van der Waals surface area contributed by atoms with E-state index in [1.54, 1.807) is 0 Å². The van der Waals surface area contributed by atoms with Crippen molar-refractivity contribution in [3.63, 3.8) is 0 Å². The molecule has 1 saturated carbocycles. The molecule has 0 bridgehead atoms. The second-order valence-corrected chi connectivity index (χ2v) is 6.77. The molecule has 1 fully saturated rings. The predicted molar refractivity (Wildman–Crippen MR) is 87.1 cm³/mol. The molecule has 116 valence electrons. The minimum Gasteiger partial charge on any atom is -0.353 e. The number of hydrogen-bond donors (Lipinski definition) is 2. The highest BCUT2D eigenvalue weighted by Gasteiger charge is 2.19. The first-order valence-electron chi connectivity index (χ1n) is 8.15. The third-order valence-electron chi connectivity index (χ3n) is 4.17. The van der Waals surface area contributed by atoms with Gasteiger partial charge in [0.05, 0.1) is 6.42 Å². The Labute approximate surface area is 128 Å². The molecule has 0 atom stereocenters. The van der Waals surface area contributed by atoms with E-state index in [2.05, 4.69) is 43.4 Å². The van der Waals surface area contributed by atoms with E-state index in [1.165, 1.54) is 5.56 Å². The lowest BCUT2D eigenvalue weighted by atomic mass is 9.91. The van der Waals surface area contributed by atoms with Gasteiger partial charge in [-0.1, -0.05) is 38.1 Å². The fourth-order valence-corrected chi connectivity index (χ4v) is 2.99. The molecule has 1 aromatic rings. The summed E-state index contributed by atoms with van der Waals surface area (Å²) in [5, 5.41) is 3.14. The van der Waals surface area contributed by atoms with Crippen molar-refractivity contribution in [2.24, 2.45) is 11.7 Å². The highest BCUT2D eigenvalue weighted by atomic mass is 16.1. The number of amides is 1. The van der Waals surface area contributed by atoms with E-state index in [4.69, 9.17) is 5.73 Å². The maximum absolute atomic E-state index is 12.1. The van der Waals surface area contributed by atoms with Crippen LogP contribution < -0.4 is 11.1 Å². The molecule has 2 rings (SSSR count). The summed E-state index contributed by atoms with van der Waals surface area (Å²) in [4.78, 5) is 12.1. The molecule has 0 radical (unpaired) electrons. The van der Waals surface area contributed by atoms with Gasteiger partial charge in [0.25, 0.3) is 0 Å². The summed E-state index contributed by atoms with van der Waals surface area (Å²) in [6.07, 6.45) is 5.64. The van der Waals surface area contributed by atoms with Crippen LogP contribution in [0.15, 0.2) is 24.3 Å². The fraction of sp³-hybridized carbons (Fsp3) is 0.611. The molecule has 0 heterocycles. The molecule has 1 aromatic carbocycles. The van der Waals surface area contributed by atoms with Gasteiger partial charge in [0.2, 0.25) is 5.91 Å². The monoisotopic (exact) mass is 288 g/mol. The average Bonchev–Trinajstić information content (AvgIpc) is 2.43. The molecule has 1 amide bonds. The summed E-state index contributed by atoms with van der Waals surface area (Å²) < 4.78 is 0. The quantitative estimate of drug-likeness (QED) is 0.875. The van der Waals surface area contributed by atoms with Crippen molar-refractivity contribution in [3.05, 3.63) is 35.4 Å². The van der Waals surface area contributed by atoms with Crippen LogP contribution in [0.1, 0.15) is 50.7 Å². The third kappa shape index (κ3) is 5.50. The summed E-state index contributed by atoms with van der Waals surface area (Å²) in [5.74, 6) is 0.795. The minimum atomic E-state index is 0.132. The van der Waals surface area contributed by atoms with Crippen molar-refractivity contribution in [2.45, 2.75) is 64.5 Å². The maximum Gasteiger partial charge on any atom is 0.224 e. The van der Waals surface area contributed by atoms with Crippen LogP contribution in [0.2, 0.25) is 0 Å². The van der Waals surface area contributed by atoms with Crippen LogP contribution in [0.25, 0.3) is 0 Å². The summed E-state index contributed by atoms with van der Waals surface area (Å²) >= 11 is 0. The van der Waals surface area contributed by atoms with Gasteiger partial charge in [-0.15, -0.1) is 0 Å². The van der Waals surface area contributed by atoms with Gasteiger partial charge >= 0.3 is 0 Å². The summed E-state index contributed by atoms with van der Waals surface area (Å²) in [6, 6.07) is 9.08. The van der Waals surface area contributed by atoms with Gasteiger partial charge in [-0.25, -0.2) is 0 Å². The van der Waals surface area contributed by atoms with Crippen molar-refractivity contribution in [3.8, 4) is 0 Å². The zero-order valence-corrected chi connectivity index (χ0v) is 13.3. The van der Waals surface area contributed by atoms with E-state index >= 15 is 0 Å². The molecule has 0 aromatic heterocycles. The van der Waals surface area contributed by atoms with Crippen molar-refractivity contribution in [1.82, 2.24) is 5.32 Å². The van der Waals surface area contributed by atoms with Crippen LogP contribution in [0, 0.1) is 5.92 Å². The number of carbonyl (C=O) groups is 1. The third-order valence-corrected chi connectivity index (χ3v) is 4.17. The maximum atomic E-state index is 12.1. The first-order valence-corrected chi connectivity index (χ1v) is 8.15. The lowest BCUT2D eigenvalue weighted by molar-refractivity contribution is -0.121. The van der Waals surface area contributed by atoms with Gasteiger partial charge in [0.15, 0.2) is 0 Å². The van der Waals surface area contributed by atoms with E-state index in [0.29, 0.717) is 24.4 Å². The number of nitrogens with one attached hydrogen (secondary N) is 1. The molecular formula is C18H28N2O. The van der Waals surface area contributed by atoms with Gasteiger partial charge in [-0.2, -0.15) is 0 Å². The predicted octanol–water partition coefficient (Wildman–Crippen LogP) is 2.81. The number of nitrogens with two attached hydrogens (primary N) is 1. The number of hydrogen-bond acceptors (Lipinski definition) is 2. The van der Waals surface area contributed by atoms with Crippen LogP contribution in [0.5, 0.6) is 0 Å². The molecule has 3 nitrogen and oxygen atoms in total. The Morgan fingerprint density at radius 3 is 2.29 bits per heavy atom. The molecule has 1 aliphatic rings. The largest absolute Gasteiger partial charge is 0.353 e. The molecule has 3 heteroatoms. The Kier molecular flexibility index (Phi) is 5.80. The van der Waals surface area contributed by atoms with Gasteiger partial charge < -0.3 is 11.1 Å². The smallest absolute Gasteiger partial charge is 0.224 e. The van der Waals surface area contributed by atoms with Gasteiger partial charge in [0.1, 0.15) is 0 Å².